The SMILES string of the molecule is CC(C)C(N)CO.COC(C(=O)O)(c1ccccc1)c1ccccc1. The molecule has 0 spiro atoms. The largest absolute Gasteiger partial charge is 0.479 e. The minimum absolute atomic E-state index is 0.0417. The van der Waals surface area contributed by atoms with Gasteiger partial charge in [-0.3, -0.25) is 0 Å². The van der Waals surface area contributed by atoms with Crippen molar-refractivity contribution in [1.29, 1.82) is 0 Å². The zero-order valence-corrected chi connectivity index (χ0v) is 14.9. The van der Waals surface area contributed by atoms with Crippen LogP contribution in [-0.2, 0) is 15.1 Å². The summed E-state index contributed by atoms with van der Waals surface area (Å²) in [6.45, 7) is 4.07. The third kappa shape index (κ3) is 5.13. The Morgan fingerprint density at radius 2 is 1.44 bits per heavy atom. The molecule has 5 nitrogen and oxygen atoms in total. The number of aliphatic hydroxyl groups is 1. The van der Waals surface area contributed by atoms with Gasteiger partial charge in [-0.2, -0.15) is 0 Å². The van der Waals surface area contributed by atoms with Gasteiger partial charge in [-0.15, -0.1) is 0 Å². The fourth-order valence-corrected chi connectivity index (χ4v) is 2.29. The van der Waals surface area contributed by atoms with Gasteiger partial charge in [0.2, 0.25) is 5.60 Å². The molecule has 0 aliphatic rings. The first-order valence-corrected chi connectivity index (χ1v) is 8.16. The standard InChI is InChI=1S/C15H14O3.C5H13NO/c1-18-15(14(16)17,12-8-4-2-5-9-12)13-10-6-3-7-11-13;1-4(2)5(6)3-7/h2-11H,1H3,(H,16,17);4-5,7H,3,6H2,1-2H3. The smallest absolute Gasteiger partial charge is 0.345 e. The molecule has 1 atom stereocenters. The lowest BCUT2D eigenvalue weighted by atomic mass is 9.86. The van der Waals surface area contributed by atoms with Crippen molar-refractivity contribution in [2.75, 3.05) is 13.7 Å². The second kappa shape index (κ2) is 9.93. The number of hydrogen-bond donors (Lipinski definition) is 3. The van der Waals surface area contributed by atoms with Gasteiger partial charge >= 0.3 is 5.97 Å². The normalized spacial score (nSPS) is 12.2. The fraction of sp³-hybridized carbons (Fsp3) is 0.350. The van der Waals surface area contributed by atoms with Gasteiger partial charge < -0.3 is 20.7 Å². The Bertz CT molecular complexity index is 589. The molecule has 0 saturated heterocycles. The van der Waals surface area contributed by atoms with Gasteiger partial charge in [0.1, 0.15) is 0 Å². The topological polar surface area (TPSA) is 92.8 Å². The van der Waals surface area contributed by atoms with E-state index in [2.05, 4.69) is 0 Å². The van der Waals surface area contributed by atoms with E-state index in [0.29, 0.717) is 17.0 Å². The van der Waals surface area contributed by atoms with Gasteiger partial charge in [0, 0.05) is 13.2 Å². The minimum atomic E-state index is -1.46. The highest BCUT2D eigenvalue weighted by molar-refractivity contribution is 5.84. The number of benzene rings is 2. The number of carboxylic acid groups (broad SMARTS) is 1. The van der Waals surface area contributed by atoms with E-state index in [1.165, 1.54) is 7.11 Å². The van der Waals surface area contributed by atoms with Crippen molar-refractivity contribution in [2.24, 2.45) is 11.7 Å². The molecule has 5 heteroatoms. The summed E-state index contributed by atoms with van der Waals surface area (Å²) in [5.41, 5.74) is 5.12. The summed E-state index contributed by atoms with van der Waals surface area (Å²) in [5, 5.41) is 18.0. The molecule has 136 valence electrons. The van der Waals surface area contributed by atoms with Crippen LogP contribution >= 0.6 is 0 Å². The predicted octanol–water partition coefficient (Wildman–Crippen LogP) is 2.62. The molecule has 0 radical (unpaired) electrons. The van der Waals surface area contributed by atoms with Crippen molar-refractivity contribution in [3.8, 4) is 0 Å². The summed E-state index contributed by atoms with van der Waals surface area (Å²) in [6, 6.07) is 17.9. The number of ether oxygens (including phenoxy) is 1. The third-order valence-electron chi connectivity index (χ3n) is 4.04. The van der Waals surface area contributed by atoms with E-state index in [0.717, 1.165) is 0 Å². The number of methoxy groups -OCH3 is 1. The molecular weight excluding hydrogens is 318 g/mol. The Balaban J connectivity index is 0.000000381. The average Bonchev–Trinajstić information content (AvgIpc) is 2.64. The minimum Gasteiger partial charge on any atom is -0.479 e. The molecule has 0 fully saturated rings. The summed E-state index contributed by atoms with van der Waals surface area (Å²) >= 11 is 0. The molecule has 4 N–H and O–H groups in total. The van der Waals surface area contributed by atoms with Crippen molar-refractivity contribution >= 4 is 5.97 Å². The third-order valence-corrected chi connectivity index (χ3v) is 4.04. The lowest BCUT2D eigenvalue weighted by Crippen LogP contribution is -2.38. The molecule has 2 aromatic carbocycles. The molecule has 0 saturated carbocycles. The molecule has 1 unspecified atom stereocenters. The van der Waals surface area contributed by atoms with E-state index >= 15 is 0 Å². The van der Waals surface area contributed by atoms with Crippen molar-refractivity contribution in [3.05, 3.63) is 71.8 Å². The van der Waals surface area contributed by atoms with E-state index in [1.54, 1.807) is 48.5 Å². The van der Waals surface area contributed by atoms with Gasteiger partial charge in [-0.25, -0.2) is 4.79 Å². The Morgan fingerprint density at radius 3 is 1.64 bits per heavy atom. The highest BCUT2D eigenvalue weighted by atomic mass is 16.5. The molecule has 2 rings (SSSR count). The molecular formula is C20H27NO4. The molecule has 0 aromatic heterocycles. The Kier molecular flexibility index (Phi) is 8.28. The van der Waals surface area contributed by atoms with E-state index in [4.69, 9.17) is 15.6 Å². The second-order valence-corrected chi connectivity index (χ2v) is 6.01. The maximum atomic E-state index is 11.7. The maximum Gasteiger partial charge on any atom is 0.345 e. The first-order valence-electron chi connectivity index (χ1n) is 8.16. The van der Waals surface area contributed by atoms with E-state index in [-0.39, 0.29) is 12.6 Å². The lowest BCUT2D eigenvalue weighted by Gasteiger charge is -2.28. The first-order chi connectivity index (χ1) is 11.9. The van der Waals surface area contributed by atoms with Gasteiger partial charge in [-0.1, -0.05) is 74.5 Å². The van der Waals surface area contributed by atoms with Crippen LogP contribution in [0.25, 0.3) is 0 Å². The Hall–Kier alpha value is -2.21. The van der Waals surface area contributed by atoms with Crippen molar-refractivity contribution in [2.45, 2.75) is 25.5 Å². The number of aliphatic carboxylic acids is 1. The van der Waals surface area contributed by atoms with Crippen LogP contribution in [0.5, 0.6) is 0 Å². The summed E-state index contributed by atoms with van der Waals surface area (Å²) in [5.74, 6) is -0.632. The lowest BCUT2D eigenvalue weighted by molar-refractivity contribution is -0.158. The molecule has 0 aliphatic carbocycles. The summed E-state index contributed by atoms with van der Waals surface area (Å²) < 4.78 is 5.37. The number of aliphatic hydroxyl groups excluding tert-OH is 1. The van der Waals surface area contributed by atoms with E-state index < -0.39 is 11.6 Å². The highest BCUT2D eigenvalue weighted by Crippen LogP contribution is 2.33. The quantitative estimate of drug-likeness (QED) is 0.748. The van der Waals surface area contributed by atoms with Crippen LogP contribution in [0.15, 0.2) is 60.7 Å². The van der Waals surface area contributed by atoms with E-state index in [9.17, 15) is 9.90 Å². The highest BCUT2D eigenvalue weighted by Gasteiger charge is 2.42. The van der Waals surface area contributed by atoms with E-state index in [1.807, 2.05) is 26.0 Å². The zero-order chi connectivity index (χ0) is 18.9. The molecule has 0 bridgehead atoms. The number of nitrogens with two attached hydrogens (primary N) is 1. The van der Waals surface area contributed by atoms with Gasteiger partial charge in [0.15, 0.2) is 0 Å². The van der Waals surface area contributed by atoms with Crippen molar-refractivity contribution in [1.82, 2.24) is 0 Å². The molecule has 2 aromatic rings. The average molecular weight is 345 g/mol. The van der Waals surface area contributed by atoms with Crippen LogP contribution in [0.2, 0.25) is 0 Å². The maximum absolute atomic E-state index is 11.7. The zero-order valence-electron chi connectivity index (χ0n) is 14.9. The second-order valence-electron chi connectivity index (χ2n) is 6.01. The number of carbonyl (C=O) groups is 1. The van der Waals surface area contributed by atoms with Gasteiger partial charge in [0.05, 0.1) is 6.61 Å². The summed E-state index contributed by atoms with van der Waals surface area (Å²) in [4.78, 5) is 11.7. The van der Waals surface area contributed by atoms with Crippen LogP contribution in [0.4, 0.5) is 0 Å². The predicted molar refractivity (Wildman–Crippen MR) is 98.2 cm³/mol. The molecule has 0 amide bonds. The number of hydrogen-bond acceptors (Lipinski definition) is 4. The molecule has 0 aliphatic heterocycles. The number of rotatable bonds is 6. The van der Waals surface area contributed by atoms with Crippen LogP contribution in [0.3, 0.4) is 0 Å². The van der Waals surface area contributed by atoms with Crippen molar-refractivity contribution in [3.63, 3.8) is 0 Å². The Labute approximate surface area is 149 Å². The van der Waals surface area contributed by atoms with Gasteiger partial charge in [0.25, 0.3) is 0 Å². The summed E-state index contributed by atoms with van der Waals surface area (Å²) in [6.07, 6.45) is 0. The van der Waals surface area contributed by atoms with Crippen LogP contribution in [-0.4, -0.2) is 35.9 Å². The fourth-order valence-electron chi connectivity index (χ4n) is 2.29. The molecule has 0 heterocycles. The van der Waals surface area contributed by atoms with Crippen molar-refractivity contribution < 1.29 is 19.7 Å². The Morgan fingerprint density at radius 1 is 1.04 bits per heavy atom. The molecule has 25 heavy (non-hydrogen) atoms. The van der Waals surface area contributed by atoms with Crippen LogP contribution in [0.1, 0.15) is 25.0 Å². The van der Waals surface area contributed by atoms with Crippen LogP contribution < -0.4 is 5.73 Å². The number of carboxylic acids is 1. The summed E-state index contributed by atoms with van der Waals surface area (Å²) in [7, 11) is 1.41. The van der Waals surface area contributed by atoms with Crippen LogP contribution in [0, 0.1) is 5.92 Å². The first kappa shape index (κ1) is 20.8. The monoisotopic (exact) mass is 345 g/mol. The van der Waals surface area contributed by atoms with Gasteiger partial charge in [-0.05, 0) is 17.0 Å².